The van der Waals surface area contributed by atoms with Gasteiger partial charge in [0, 0.05) is 6.92 Å². The van der Waals surface area contributed by atoms with Crippen LogP contribution in [0.15, 0.2) is 11.1 Å². The van der Waals surface area contributed by atoms with E-state index in [1.165, 1.54) is 30.4 Å². The van der Waals surface area contributed by atoms with Gasteiger partial charge in [0.25, 0.3) is 0 Å². The van der Waals surface area contributed by atoms with Crippen molar-refractivity contribution in [2.75, 3.05) is 6.26 Å². The third kappa shape index (κ3) is 2.29. The highest BCUT2D eigenvalue weighted by atomic mass is 32.2. The molecule has 0 unspecified atom stereocenters. The molecule has 0 aliphatic heterocycles. The summed E-state index contributed by atoms with van der Waals surface area (Å²) in [5, 5.41) is 1.06. The van der Waals surface area contributed by atoms with Crippen LogP contribution in [-0.2, 0) is 12.8 Å². The van der Waals surface area contributed by atoms with Crippen molar-refractivity contribution in [3.63, 3.8) is 0 Å². The number of carbonyl (C=O) groups excluding carboxylic acids is 1. The summed E-state index contributed by atoms with van der Waals surface area (Å²) in [6.45, 7) is 1.59. The molecular weight excluding hydrogens is 218 g/mol. The van der Waals surface area contributed by atoms with Crippen LogP contribution in [0.2, 0.25) is 0 Å². The zero-order chi connectivity index (χ0) is 11.5. The van der Waals surface area contributed by atoms with E-state index in [9.17, 15) is 4.79 Å². The number of fused-ring (bicyclic) bond motifs is 1. The lowest BCUT2D eigenvalue weighted by Gasteiger charge is -2.11. The topological polar surface area (TPSA) is 30.0 Å². The molecule has 1 aromatic rings. The standard InChI is InChI=1S/C13H17NOS/c1-9(15)12-8-10-6-4-3-5-7-11(10)13(14-12)16-2/h8H,3-7H2,1-2H3. The van der Waals surface area contributed by atoms with E-state index in [-0.39, 0.29) is 5.78 Å². The fourth-order valence-corrected chi connectivity index (χ4v) is 2.90. The number of pyridine rings is 1. The molecule has 1 aliphatic carbocycles. The van der Waals surface area contributed by atoms with Gasteiger partial charge in [0.05, 0.1) is 0 Å². The first-order valence-electron chi connectivity index (χ1n) is 5.80. The smallest absolute Gasteiger partial charge is 0.178 e. The van der Waals surface area contributed by atoms with Crippen LogP contribution in [-0.4, -0.2) is 17.0 Å². The molecule has 0 radical (unpaired) electrons. The minimum Gasteiger partial charge on any atom is -0.293 e. The summed E-state index contributed by atoms with van der Waals surface area (Å²) in [6, 6.07) is 2.00. The van der Waals surface area contributed by atoms with Gasteiger partial charge in [-0.25, -0.2) is 4.98 Å². The van der Waals surface area contributed by atoms with Crippen molar-refractivity contribution in [1.82, 2.24) is 4.98 Å². The Hall–Kier alpha value is -0.830. The van der Waals surface area contributed by atoms with Gasteiger partial charge in [-0.2, -0.15) is 0 Å². The minimum atomic E-state index is 0.0716. The van der Waals surface area contributed by atoms with Crippen LogP contribution >= 0.6 is 11.8 Å². The summed E-state index contributed by atoms with van der Waals surface area (Å²) < 4.78 is 0. The molecular formula is C13H17NOS. The molecule has 3 heteroatoms. The largest absolute Gasteiger partial charge is 0.293 e. The Labute approximate surface area is 101 Å². The van der Waals surface area contributed by atoms with Crippen molar-refractivity contribution in [1.29, 1.82) is 0 Å². The van der Waals surface area contributed by atoms with E-state index in [2.05, 4.69) is 4.98 Å². The molecule has 2 rings (SSSR count). The maximum atomic E-state index is 11.4. The van der Waals surface area contributed by atoms with Gasteiger partial charge in [0.1, 0.15) is 10.7 Å². The molecule has 1 aliphatic rings. The molecule has 0 N–H and O–H groups in total. The van der Waals surface area contributed by atoms with E-state index in [4.69, 9.17) is 0 Å². The molecule has 0 spiro atoms. The van der Waals surface area contributed by atoms with E-state index in [1.54, 1.807) is 18.7 Å². The monoisotopic (exact) mass is 235 g/mol. The second-order valence-corrected chi connectivity index (χ2v) is 5.07. The molecule has 0 atom stereocenters. The Morgan fingerprint density at radius 1 is 1.31 bits per heavy atom. The van der Waals surface area contributed by atoms with Crippen LogP contribution in [0.25, 0.3) is 0 Å². The van der Waals surface area contributed by atoms with Gasteiger partial charge < -0.3 is 0 Å². The summed E-state index contributed by atoms with van der Waals surface area (Å²) in [4.78, 5) is 15.9. The van der Waals surface area contributed by atoms with Crippen molar-refractivity contribution in [3.05, 3.63) is 22.9 Å². The second kappa shape index (κ2) is 5.00. The highest BCUT2D eigenvalue weighted by Crippen LogP contribution is 2.28. The molecule has 0 aromatic carbocycles. The number of aryl methyl sites for hydroxylation is 1. The van der Waals surface area contributed by atoms with Gasteiger partial charge >= 0.3 is 0 Å². The number of rotatable bonds is 2. The lowest BCUT2D eigenvalue weighted by atomic mass is 10.0. The number of carbonyl (C=O) groups is 1. The molecule has 0 fully saturated rings. The number of ketones is 1. The molecule has 0 amide bonds. The zero-order valence-electron chi connectivity index (χ0n) is 9.88. The number of Topliss-reactive ketones (excluding diaryl/α,β-unsaturated/α-hetero) is 1. The van der Waals surface area contributed by atoms with Crippen LogP contribution in [0.4, 0.5) is 0 Å². The molecule has 86 valence electrons. The normalized spacial score (nSPS) is 15.4. The van der Waals surface area contributed by atoms with Crippen molar-refractivity contribution in [3.8, 4) is 0 Å². The van der Waals surface area contributed by atoms with Crippen molar-refractivity contribution in [2.45, 2.75) is 44.1 Å². The molecule has 1 aromatic heterocycles. The van der Waals surface area contributed by atoms with Crippen LogP contribution in [0.1, 0.15) is 47.8 Å². The van der Waals surface area contributed by atoms with Gasteiger partial charge in [-0.05, 0) is 49.1 Å². The third-order valence-corrected chi connectivity index (χ3v) is 3.83. The first-order valence-corrected chi connectivity index (χ1v) is 7.02. The Bertz CT molecular complexity index is 415. The predicted octanol–water partition coefficient (Wildman–Crippen LogP) is 3.28. The summed E-state index contributed by atoms with van der Waals surface area (Å²) in [7, 11) is 0. The molecule has 16 heavy (non-hydrogen) atoms. The highest BCUT2D eigenvalue weighted by Gasteiger charge is 2.15. The third-order valence-electron chi connectivity index (χ3n) is 3.11. The average molecular weight is 235 g/mol. The Morgan fingerprint density at radius 2 is 2.06 bits per heavy atom. The number of hydrogen-bond donors (Lipinski definition) is 0. The van der Waals surface area contributed by atoms with Crippen LogP contribution in [0.3, 0.4) is 0 Å². The van der Waals surface area contributed by atoms with E-state index in [0.29, 0.717) is 5.69 Å². The van der Waals surface area contributed by atoms with Gasteiger partial charge in [-0.1, -0.05) is 6.42 Å². The summed E-state index contributed by atoms with van der Waals surface area (Å²) >= 11 is 1.66. The van der Waals surface area contributed by atoms with Crippen molar-refractivity contribution in [2.24, 2.45) is 0 Å². The van der Waals surface area contributed by atoms with E-state index in [1.807, 2.05) is 12.3 Å². The SMILES string of the molecule is CSc1nc(C(C)=O)cc2c1CCCCC2. The van der Waals surface area contributed by atoms with Gasteiger partial charge in [-0.15, -0.1) is 11.8 Å². The predicted molar refractivity (Wildman–Crippen MR) is 67.3 cm³/mol. The van der Waals surface area contributed by atoms with E-state index < -0.39 is 0 Å². The minimum absolute atomic E-state index is 0.0716. The lowest BCUT2D eigenvalue weighted by molar-refractivity contribution is 0.101. The first-order chi connectivity index (χ1) is 7.72. The maximum Gasteiger partial charge on any atom is 0.178 e. The number of aromatic nitrogens is 1. The van der Waals surface area contributed by atoms with E-state index >= 15 is 0 Å². The molecule has 0 saturated heterocycles. The molecule has 0 saturated carbocycles. The summed E-state index contributed by atoms with van der Waals surface area (Å²) in [5.41, 5.74) is 3.36. The molecule has 0 bridgehead atoms. The van der Waals surface area contributed by atoms with Gasteiger partial charge in [0.15, 0.2) is 5.78 Å². The van der Waals surface area contributed by atoms with Crippen LogP contribution in [0.5, 0.6) is 0 Å². The average Bonchev–Trinajstić information content (AvgIpc) is 2.52. The van der Waals surface area contributed by atoms with Crippen LogP contribution in [0, 0.1) is 0 Å². The molecule has 1 heterocycles. The zero-order valence-corrected chi connectivity index (χ0v) is 10.7. The maximum absolute atomic E-state index is 11.4. The van der Waals surface area contributed by atoms with Crippen LogP contribution < -0.4 is 0 Å². The van der Waals surface area contributed by atoms with Gasteiger partial charge in [0.2, 0.25) is 0 Å². The van der Waals surface area contributed by atoms with Crippen molar-refractivity contribution >= 4 is 17.5 Å². The fourth-order valence-electron chi connectivity index (χ4n) is 2.23. The van der Waals surface area contributed by atoms with Crippen molar-refractivity contribution < 1.29 is 4.79 Å². The fraction of sp³-hybridized carbons (Fsp3) is 0.538. The Balaban J connectivity index is 2.50. The second-order valence-electron chi connectivity index (χ2n) is 4.27. The first kappa shape index (κ1) is 11.6. The van der Waals surface area contributed by atoms with E-state index in [0.717, 1.165) is 17.9 Å². The molecule has 2 nitrogen and oxygen atoms in total. The summed E-state index contributed by atoms with van der Waals surface area (Å²) in [6.07, 6.45) is 8.04. The number of thioether (sulfide) groups is 1. The Kier molecular flexibility index (Phi) is 3.64. The lowest BCUT2D eigenvalue weighted by Crippen LogP contribution is -2.04. The summed E-state index contributed by atoms with van der Waals surface area (Å²) in [5.74, 6) is 0.0716. The van der Waals surface area contributed by atoms with Gasteiger partial charge in [-0.3, -0.25) is 4.79 Å². The highest BCUT2D eigenvalue weighted by molar-refractivity contribution is 7.98. The number of hydrogen-bond acceptors (Lipinski definition) is 3. The Morgan fingerprint density at radius 3 is 2.75 bits per heavy atom. The number of nitrogens with zero attached hydrogens (tertiary/aromatic N) is 1. The quantitative estimate of drug-likeness (QED) is 0.447.